The van der Waals surface area contributed by atoms with E-state index in [1.165, 1.54) is 24.6 Å². The monoisotopic (exact) mass is 402 g/mol. The van der Waals surface area contributed by atoms with Crippen molar-refractivity contribution >= 4 is 46.6 Å². The van der Waals surface area contributed by atoms with Crippen LogP contribution in [0.4, 0.5) is 0 Å². The normalized spacial score (nSPS) is 12.5. The van der Waals surface area contributed by atoms with Crippen molar-refractivity contribution < 1.29 is 9.53 Å². The van der Waals surface area contributed by atoms with Gasteiger partial charge in [0.2, 0.25) is 0 Å². The van der Waals surface area contributed by atoms with E-state index in [1.54, 1.807) is 10.6 Å². The molecular weight excluding hydrogens is 379 g/mol. The molecule has 0 bridgehead atoms. The topological polar surface area (TPSA) is 43.6 Å². The smallest absolute Gasteiger partial charge is 0.306 e. The van der Waals surface area contributed by atoms with Crippen LogP contribution in [-0.4, -0.2) is 27.7 Å². The molecule has 1 atom stereocenters. The second kappa shape index (κ2) is 10.3. The van der Waals surface area contributed by atoms with Crippen LogP contribution in [0.3, 0.4) is 0 Å². The van der Waals surface area contributed by atoms with Gasteiger partial charge >= 0.3 is 5.97 Å². The standard InChI is InChI=1S/C18H24Cl2N2O2S/c1-3-5-6-13(4-2)12-24-16(23)8-10-25-14-7-9-22-15(19)11-21-18(22)17(14)20/h7,9,11,13H,3-6,8,10,12H2,1-2H3. The van der Waals surface area contributed by atoms with Gasteiger partial charge in [0, 0.05) is 16.8 Å². The van der Waals surface area contributed by atoms with Crippen molar-refractivity contribution in [3.05, 3.63) is 28.6 Å². The molecule has 138 valence electrons. The summed E-state index contributed by atoms with van der Waals surface area (Å²) in [7, 11) is 0. The van der Waals surface area contributed by atoms with Crippen molar-refractivity contribution in [3.8, 4) is 0 Å². The summed E-state index contributed by atoms with van der Waals surface area (Å²) >= 11 is 13.9. The van der Waals surface area contributed by atoms with Gasteiger partial charge in [-0.15, -0.1) is 11.8 Å². The van der Waals surface area contributed by atoms with Crippen LogP contribution in [0.25, 0.3) is 5.65 Å². The third-order valence-electron chi connectivity index (χ3n) is 4.13. The van der Waals surface area contributed by atoms with Gasteiger partial charge in [0.25, 0.3) is 0 Å². The Morgan fingerprint density at radius 3 is 2.92 bits per heavy atom. The fourth-order valence-electron chi connectivity index (χ4n) is 2.51. The van der Waals surface area contributed by atoms with Crippen molar-refractivity contribution in [3.63, 3.8) is 0 Å². The number of carbonyl (C=O) groups is 1. The lowest BCUT2D eigenvalue weighted by Crippen LogP contribution is -2.14. The Bertz CT molecular complexity index is 706. The third kappa shape index (κ3) is 5.80. The van der Waals surface area contributed by atoms with Gasteiger partial charge in [-0.3, -0.25) is 9.20 Å². The number of hydrogen-bond acceptors (Lipinski definition) is 4. The van der Waals surface area contributed by atoms with E-state index in [9.17, 15) is 4.79 Å². The first kappa shape index (κ1) is 20.4. The zero-order valence-electron chi connectivity index (χ0n) is 14.6. The lowest BCUT2D eigenvalue weighted by atomic mass is 10.0. The maximum absolute atomic E-state index is 11.9. The number of halogens is 2. The fraction of sp³-hybridized carbons (Fsp3) is 0.556. The molecule has 0 saturated carbocycles. The molecule has 0 amide bonds. The van der Waals surface area contributed by atoms with E-state index < -0.39 is 0 Å². The first-order valence-electron chi connectivity index (χ1n) is 8.66. The highest BCUT2D eigenvalue weighted by molar-refractivity contribution is 7.99. The Balaban J connectivity index is 1.78. The second-order valence-electron chi connectivity index (χ2n) is 5.97. The number of carbonyl (C=O) groups excluding carboxylic acids is 1. The van der Waals surface area contributed by atoms with E-state index in [1.807, 2.05) is 12.3 Å². The minimum atomic E-state index is -0.150. The summed E-state index contributed by atoms with van der Waals surface area (Å²) in [5, 5.41) is 1.07. The summed E-state index contributed by atoms with van der Waals surface area (Å²) in [6.45, 7) is 4.85. The van der Waals surface area contributed by atoms with E-state index >= 15 is 0 Å². The maximum atomic E-state index is 11.9. The van der Waals surface area contributed by atoms with Gasteiger partial charge in [0.05, 0.1) is 24.2 Å². The van der Waals surface area contributed by atoms with Crippen molar-refractivity contribution in [2.24, 2.45) is 5.92 Å². The summed E-state index contributed by atoms with van der Waals surface area (Å²) in [6.07, 6.45) is 8.29. The number of pyridine rings is 1. The number of fused-ring (bicyclic) bond motifs is 1. The van der Waals surface area contributed by atoms with E-state index in [4.69, 9.17) is 27.9 Å². The van der Waals surface area contributed by atoms with Crippen LogP contribution in [-0.2, 0) is 9.53 Å². The Labute approximate surface area is 163 Å². The number of ether oxygens (including phenoxy) is 1. The molecule has 0 aliphatic carbocycles. The molecule has 4 nitrogen and oxygen atoms in total. The first-order valence-corrected chi connectivity index (χ1v) is 10.4. The summed E-state index contributed by atoms with van der Waals surface area (Å²) in [5.74, 6) is 0.941. The SMILES string of the molecule is CCCCC(CC)COC(=O)CCSc1ccn2c(Cl)cnc2c1Cl. The molecule has 0 aromatic carbocycles. The van der Waals surface area contributed by atoms with E-state index in [2.05, 4.69) is 18.8 Å². The van der Waals surface area contributed by atoms with Gasteiger partial charge < -0.3 is 4.74 Å². The van der Waals surface area contributed by atoms with Crippen molar-refractivity contribution in [1.29, 1.82) is 0 Å². The zero-order chi connectivity index (χ0) is 18.2. The molecule has 2 rings (SSSR count). The summed E-state index contributed by atoms with van der Waals surface area (Å²) < 4.78 is 7.14. The van der Waals surface area contributed by atoms with Crippen LogP contribution < -0.4 is 0 Å². The van der Waals surface area contributed by atoms with E-state index in [-0.39, 0.29) is 5.97 Å². The molecule has 0 aliphatic rings. The molecule has 0 spiro atoms. The highest BCUT2D eigenvalue weighted by Gasteiger charge is 2.12. The summed E-state index contributed by atoms with van der Waals surface area (Å²) in [4.78, 5) is 17.0. The van der Waals surface area contributed by atoms with Gasteiger partial charge in [0.1, 0.15) is 5.15 Å². The summed E-state index contributed by atoms with van der Waals surface area (Å²) in [5.41, 5.74) is 0.626. The highest BCUT2D eigenvalue weighted by Crippen LogP contribution is 2.31. The molecule has 0 aliphatic heterocycles. The minimum Gasteiger partial charge on any atom is -0.465 e. The summed E-state index contributed by atoms with van der Waals surface area (Å²) in [6, 6.07) is 1.89. The largest absolute Gasteiger partial charge is 0.465 e. The van der Waals surface area contributed by atoms with Gasteiger partial charge in [-0.2, -0.15) is 0 Å². The lowest BCUT2D eigenvalue weighted by molar-refractivity contribution is -0.144. The number of rotatable bonds is 10. The quantitative estimate of drug-likeness (QED) is 0.367. The predicted octanol–water partition coefficient (Wildman–Crippen LogP) is 5.88. The molecule has 2 aromatic heterocycles. The van der Waals surface area contributed by atoms with Crippen molar-refractivity contribution in [2.45, 2.75) is 50.8 Å². The van der Waals surface area contributed by atoms with Crippen molar-refractivity contribution in [1.82, 2.24) is 9.38 Å². The molecule has 0 fully saturated rings. The van der Waals surface area contributed by atoms with Crippen LogP contribution in [0, 0.1) is 5.92 Å². The fourth-order valence-corrected chi connectivity index (χ4v) is 3.92. The number of thioether (sulfide) groups is 1. The van der Waals surface area contributed by atoms with Crippen molar-refractivity contribution in [2.75, 3.05) is 12.4 Å². The average molecular weight is 403 g/mol. The molecule has 25 heavy (non-hydrogen) atoms. The molecule has 7 heteroatoms. The Morgan fingerprint density at radius 1 is 1.40 bits per heavy atom. The van der Waals surface area contributed by atoms with Crippen LogP contribution >= 0.6 is 35.0 Å². The Kier molecular flexibility index (Phi) is 8.40. The van der Waals surface area contributed by atoms with Crippen LogP contribution in [0.5, 0.6) is 0 Å². The maximum Gasteiger partial charge on any atom is 0.306 e. The number of nitrogens with zero attached hydrogens (tertiary/aromatic N) is 2. The van der Waals surface area contributed by atoms with Crippen LogP contribution in [0.15, 0.2) is 23.4 Å². The highest BCUT2D eigenvalue weighted by atomic mass is 35.5. The van der Waals surface area contributed by atoms with Gasteiger partial charge in [0.15, 0.2) is 5.65 Å². The Hall–Kier alpha value is -0.910. The molecule has 1 unspecified atom stereocenters. The predicted molar refractivity (Wildman–Crippen MR) is 105 cm³/mol. The molecule has 2 heterocycles. The van der Waals surface area contributed by atoms with Gasteiger partial charge in [-0.05, 0) is 18.4 Å². The lowest BCUT2D eigenvalue weighted by Gasteiger charge is -2.14. The van der Waals surface area contributed by atoms with Crippen LogP contribution in [0.1, 0.15) is 46.0 Å². The number of esters is 1. The number of imidazole rings is 1. The number of aromatic nitrogens is 2. The Morgan fingerprint density at radius 2 is 2.20 bits per heavy atom. The van der Waals surface area contributed by atoms with Gasteiger partial charge in [-0.1, -0.05) is 56.3 Å². The molecular formula is C18H24Cl2N2O2S. The zero-order valence-corrected chi connectivity index (χ0v) is 17.0. The first-order chi connectivity index (χ1) is 12.1. The van der Waals surface area contributed by atoms with E-state index in [0.29, 0.717) is 40.5 Å². The minimum absolute atomic E-state index is 0.150. The average Bonchev–Trinajstić information content (AvgIpc) is 2.99. The third-order valence-corrected chi connectivity index (χ3v) is 5.95. The molecule has 0 saturated heterocycles. The molecule has 0 N–H and O–H groups in total. The molecule has 0 radical (unpaired) electrons. The number of hydrogen-bond donors (Lipinski definition) is 0. The second-order valence-corrected chi connectivity index (χ2v) is 7.87. The molecule has 2 aromatic rings. The van der Waals surface area contributed by atoms with Crippen LogP contribution in [0.2, 0.25) is 10.2 Å². The van der Waals surface area contributed by atoms with Gasteiger partial charge in [-0.25, -0.2) is 4.98 Å². The van der Waals surface area contributed by atoms with E-state index in [0.717, 1.165) is 17.7 Å². The number of unbranched alkanes of at least 4 members (excludes halogenated alkanes) is 1.